The standard InChI is InChI=1S/C22H43N/c1-3-5-7-9-11-13-15-17-19-21-23-22-20-18-16-14-12-10-8-6-4-2/h19-23H,3-18H2,1-2H3. The number of hydrogen-bond donors (Lipinski definition) is 1. The zero-order valence-electron chi connectivity index (χ0n) is 16.1. The Morgan fingerprint density at radius 1 is 0.478 bits per heavy atom. The van der Waals surface area contributed by atoms with Crippen LogP contribution in [0.15, 0.2) is 24.6 Å². The van der Waals surface area contributed by atoms with E-state index in [-0.39, 0.29) is 0 Å². The molecule has 0 aliphatic heterocycles. The number of rotatable bonds is 18. The molecule has 0 saturated carbocycles. The molecule has 0 heterocycles. The Bertz CT molecular complexity index is 229. The summed E-state index contributed by atoms with van der Waals surface area (Å²) < 4.78 is 0. The van der Waals surface area contributed by atoms with Crippen molar-refractivity contribution < 1.29 is 0 Å². The highest BCUT2D eigenvalue weighted by Crippen LogP contribution is 2.09. The first-order chi connectivity index (χ1) is 11.4. The molecule has 136 valence electrons. The van der Waals surface area contributed by atoms with Crippen LogP contribution >= 0.6 is 0 Å². The van der Waals surface area contributed by atoms with E-state index < -0.39 is 0 Å². The van der Waals surface area contributed by atoms with E-state index in [1.165, 1.54) is 103 Å². The molecule has 0 fully saturated rings. The van der Waals surface area contributed by atoms with Crippen molar-refractivity contribution in [3.8, 4) is 0 Å². The summed E-state index contributed by atoms with van der Waals surface area (Å²) in [7, 11) is 0. The van der Waals surface area contributed by atoms with E-state index in [9.17, 15) is 0 Å². The molecule has 0 rings (SSSR count). The molecule has 23 heavy (non-hydrogen) atoms. The number of unbranched alkanes of at least 4 members (excludes halogenated alkanes) is 14. The van der Waals surface area contributed by atoms with Crippen LogP contribution in [-0.2, 0) is 0 Å². The molecular weight excluding hydrogens is 278 g/mol. The molecule has 0 atom stereocenters. The van der Waals surface area contributed by atoms with Crippen molar-refractivity contribution in [2.24, 2.45) is 0 Å². The molecule has 0 unspecified atom stereocenters. The second-order valence-electron chi connectivity index (χ2n) is 6.79. The quantitative estimate of drug-likeness (QED) is 0.253. The lowest BCUT2D eigenvalue weighted by Crippen LogP contribution is -1.91. The molecule has 1 nitrogen and oxygen atoms in total. The van der Waals surface area contributed by atoms with Crippen LogP contribution in [0.5, 0.6) is 0 Å². The van der Waals surface area contributed by atoms with E-state index >= 15 is 0 Å². The van der Waals surface area contributed by atoms with Crippen molar-refractivity contribution >= 4 is 0 Å². The predicted octanol–water partition coefficient (Wildman–Crippen LogP) is 7.88. The molecule has 0 aromatic carbocycles. The van der Waals surface area contributed by atoms with Gasteiger partial charge in [-0.15, -0.1) is 0 Å². The van der Waals surface area contributed by atoms with E-state index in [0.717, 1.165) is 0 Å². The molecule has 1 N–H and O–H groups in total. The van der Waals surface area contributed by atoms with E-state index in [1.54, 1.807) is 0 Å². The van der Waals surface area contributed by atoms with Gasteiger partial charge in [0.2, 0.25) is 0 Å². The minimum atomic E-state index is 1.21. The zero-order valence-corrected chi connectivity index (χ0v) is 16.1. The molecule has 0 aliphatic carbocycles. The average molecular weight is 322 g/mol. The van der Waals surface area contributed by atoms with Gasteiger partial charge in [0.15, 0.2) is 0 Å². The van der Waals surface area contributed by atoms with Gasteiger partial charge in [-0.3, -0.25) is 0 Å². The molecular formula is C22H43N. The maximum absolute atomic E-state index is 3.26. The molecule has 0 amide bonds. The van der Waals surface area contributed by atoms with E-state index in [2.05, 4.69) is 43.7 Å². The van der Waals surface area contributed by atoms with Gasteiger partial charge in [0.05, 0.1) is 0 Å². The first-order valence-corrected chi connectivity index (χ1v) is 10.5. The van der Waals surface area contributed by atoms with Crippen LogP contribution in [-0.4, -0.2) is 0 Å². The SMILES string of the molecule is CCCCCCCCCC=CNC=CCCCCCCCCC. The second-order valence-corrected chi connectivity index (χ2v) is 6.79. The maximum Gasteiger partial charge on any atom is -0.00358 e. The summed E-state index contributed by atoms with van der Waals surface area (Å²) in [6.45, 7) is 4.56. The maximum atomic E-state index is 3.26. The van der Waals surface area contributed by atoms with Gasteiger partial charge in [0.1, 0.15) is 0 Å². The summed E-state index contributed by atoms with van der Waals surface area (Å²) in [6, 6.07) is 0. The molecule has 0 aliphatic rings. The third-order valence-corrected chi connectivity index (χ3v) is 4.38. The predicted molar refractivity (Wildman–Crippen MR) is 107 cm³/mol. The lowest BCUT2D eigenvalue weighted by molar-refractivity contribution is 0.591. The van der Waals surface area contributed by atoms with Gasteiger partial charge in [-0.25, -0.2) is 0 Å². The smallest absolute Gasteiger partial charge is 0.00358 e. The van der Waals surface area contributed by atoms with Gasteiger partial charge in [-0.05, 0) is 38.1 Å². The van der Waals surface area contributed by atoms with Crippen LogP contribution in [0.2, 0.25) is 0 Å². The second kappa shape index (κ2) is 21.3. The van der Waals surface area contributed by atoms with Crippen molar-refractivity contribution in [2.75, 3.05) is 0 Å². The van der Waals surface area contributed by atoms with Crippen LogP contribution in [0.4, 0.5) is 0 Å². The normalized spacial score (nSPS) is 11.7. The summed E-state index contributed by atoms with van der Waals surface area (Å²) in [5, 5.41) is 3.26. The molecule has 0 bridgehead atoms. The molecule has 0 radical (unpaired) electrons. The molecule has 0 aromatic rings. The van der Waals surface area contributed by atoms with Crippen LogP contribution in [0.1, 0.15) is 117 Å². The average Bonchev–Trinajstić information content (AvgIpc) is 2.57. The third kappa shape index (κ3) is 21.3. The van der Waals surface area contributed by atoms with Crippen molar-refractivity contribution in [1.82, 2.24) is 5.32 Å². The van der Waals surface area contributed by atoms with Crippen LogP contribution < -0.4 is 5.32 Å². The summed E-state index contributed by atoms with van der Waals surface area (Å²) in [5.74, 6) is 0. The first kappa shape index (κ1) is 22.3. The van der Waals surface area contributed by atoms with Gasteiger partial charge in [0, 0.05) is 0 Å². The molecule has 1 heteroatoms. The minimum absolute atomic E-state index is 1.21. The Kier molecular flexibility index (Phi) is 20.6. The fourth-order valence-corrected chi connectivity index (χ4v) is 2.80. The Morgan fingerprint density at radius 2 is 0.826 bits per heavy atom. The van der Waals surface area contributed by atoms with Gasteiger partial charge in [-0.2, -0.15) is 0 Å². The van der Waals surface area contributed by atoms with Crippen LogP contribution in [0.25, 0.3) is 0 Å². The van der Waals surface area contributed by atoms with E-state index in [0.29, 0.717) is 0 Å². The third-order valence-electron chi connectivity index (χ3n) is 4.38. The summed E-state index contributed by atoms with van der Waals surface area (Å²) >= 11 is 0. The summed E-state index contributed by atoms with van der Waals surface area (Å²) in [6.07, 6.45) is 30.7. The Morgan fingerprint density at radius 3 is 1.22 bits per heavy atom. The van der Waals surface area contributed by atoms with Crippen molar-refractivity contribution in [1.29, 1.82) is 0 Å². The van der Waals surface area contributed by atoms with E-state index in [4.69, 9.17) is 0 Å². The van der Waals surface area contributed by atoms with Crippen molar-refractivity contribution in [2.45, 2.75) is 117 Å². The number of allylic oxidation sites excluding steroid dienone is 2. The van der Waals surface area contributed by atoms with Gasteiger partial charge < -0.3 is 5.32 Å². The lowest BCUT2D eigenvalue weighted by atomic mass is 10.1. The fourth-order valence-electron chi connectivity index (χ4n) is 2.80. The Labute approximate surface area is 147 Å². The Balaban J connectivity index is 3.14. The number of hydrogen-bond acceptors (Lipinski definition) is 1. The fraction of sp³-hybridized carbons (Fsp3) is 0.818. The highest BCUT2D eigenvalue weighted by molar-refractivity contribution is 4.88. The monoisotopic (exact) mass is 321 g/mol. The summed E-state index contributed by atoms with van der Waals surface area (Å²) in [4.78, 5) is 0. The van der Waals surface area contributed by atoms with Gasteiger partial charge in [0.25, 0.3) is 0 Å². The first-order valence-electron chi connectivity index (χ1n) is 10.5. The van der Waals surface area contributed by atoms with Crippen LogP contribution in [0, 0.1) is 0 Å². The molecule has 0 saturated heterocycles. The van der Waals surface area contributed by atoms with E-state index in [1.807, 2.05) is 0 Å². The van der Waals surface area contributed by atoms with Crippen molar-refractivity contribution in [3.63, 3.8) is 0 Å². The highest BCUT2D eigenvalue weighted by atomic mass is 14.8. The van der Waals surface area contributed by atoms with Gasteiger partial charge >= 0.3 is 0 Å². The molecule has 0 spiro atoms. The number of nitrogens with one attached hydrogen (secondary N) is 1. The summed E-state index contributed by atoms with van der Waals surface area (Å²) in [5.41, 5.74) is 0. The topological polar surface area (TPSA) is 12.0 Å². The van der Waals surface area contributed by atoms with Crippen molar-refractivity contribution in [3.05, 3.63) is 24.6 Å². The minimum Gasteiger partial charge on any atom is -0.368 e. The Hall–Kier alpha value is -0.720. The highest BCUT2D eigenvalue weighted by Gasteiger charge is 1.90. The largest absolute Gasteiger partial charge is 0.368 e. The van der Waals surface area contributed by atoms with Gasteiger partial charge in [-0.1, -0.05) is 103 Å². The van der Waals surface area contributed by atoms with Crippen LogP contribution in [0.3, 0.4) is 0 Å². The molecule has 0 aromatic heterocycles. The lowest BCUT2D eigenvalue weighted by Gasteiger charge is -1.99. The zero-order chi connectivity index (χ0) is 16.8.